The van der Waals surface area contributed by atoms with Crippen molar-refractivity contribution in [1.82, 2.24) is 4.98 Å². The van der Waals surface area contributed by atoms with Gasteiger partial charge in [0, 0.05) is 17.8 Å². The van der Waals surface area contributed by atoms with Gasteiger partial charge < -0.3 is 14.4 Å². The lowest BCUT2D eigenvalue weighted by Crippen LogP contribution is -2.26. The molecule has 1 aliphatic rings. The average molecular weight is 367 g/mol. The Bertz CT molecular complexity index is 915. The normalized spacial score (nSPS) is 14.0. The van der Waals surface area contributed by atoms with Crippen LogP contribution in [0, 0.1) is 17.6 Å². The Morgan fingerprint density at radius 1 is 0.962 bits per heavy atom. The zero-order valence-corrected chi connectivity index (χ0v) is 13.8. The predicted molar refractivity (Wildman–Crippen MR) is 86.7 cm³/mol. The minimum atomic E-state index is -1.48. The van der Waals surface area contributed by atoms with Crippen molar-refractivity contribution in [2.45, 2.75) is 0 Å². The number of halogens is 4. The molecule has 0 spiro atoms. The van der Waals surface area contributed by atoms with Crippen LogP contribution in [0.15, 0.2) is 41.3 Å². The van der Waals surface area contributed by atoms with Crippen LogP contribution in [0.4, 0.5) is 23.4 Å². The highest BCUT2D eigenvalue weighted by atomic mass is 19.2. The Hall–Kier alpha value is -3.10. The number of aliphatic imine (C=N–C) groups is 1. The molecule has 0 radical (unpaired) electrons. The van der Waals surface area contributed by atoms with Gasteiger partial charge in [-0.15, -0.1) is 0 Å². The van der Waals surface area contributed by atoms with Gasteiger partial charge in [-0.3, -0.25) is 4.99 Å². The van der Waals surface area contributed by atoms with Crippen molar-refractivity contribution in [3.63, 3.8) is 0 Å². The Balaban J connectivity index is 1.92. The molecule has 0 fully saturated rings. The van der Waals surface area contributed by atoms with Crippen LogP contribution in [0.1, 0.15) is 5.56 Å². The van der Waals surface area contributed by atoms with Gasteiger partial charge in [-0.25, -0.2) is 13.2 Å². The van der Waals surface area contributed by atoms with Crippen LogP contribution in [0.25, 0.3) is 0 Å². The van der Waals surface area contributed by atoms with E-state index in [4.69, 9.17) is 9.47 Å². The molecule has 0 unspecified atom stereocenters. The van der Waals surface area contributed by atoms with Crippen molar-refractivity contribution >= 4 is 11.5 Å². The number of allylic oxidation sites excluding steroid dienone is 1. The second kappa shape index (κ2) is 7.03. The molecule has 0 atom stereocenters. The van der Waals surface area contributed by atoms with E-state index in [2.05, 4.69) is 9.98 Å². The van der Waals surface area contributed by atoms with Gasteiger partial charge in [0.2, 0.25) is 0 Å². The molecule has 9 heteroatoms. The summed E-state index contributed by atoms with van der Waals surface area (Å²) in [6.07, 6.45) is 0.918. The van der Waals surface area contributed by atoms with E-state index in [1.54, 1.807) is 12.1 Å². The lowest BCUT2D eigenvalue weighted by Gasteiger charge is -2.23. The van der Waals surface area contributed by atoms with Crippen molar-refractivity contribution in [3.05, 3.63) is 59.4 Å². The lowest BCUT2D eigenvalue weighted by molar-refractivity contribution is 0.355. The van der Waals surface area contributed by atoms with Crippen LogP contribution < -0.4 is 14.4 Å². The molecule has 136 valence electrons. The van der Waals surface area contributed by atoms with Crippen LogP contribution in [-0.2, 0) is 0 Å². The molecule has 1 aromatic carbocycles. The summed E-state index contributed by atoms with van der Waals surface area (Å²) in [6.45, 7) is -0.230. The van der Waals surface area contributed by atoms with E-state index >= 15 is 0 Å². The Morgan fingerprint density at radius 2 is 1.69 bits per heavy atom. The highest BCUT2D eigenvalue weighted by molar-refractivity contribution is 6.12. The highest BCUT2D eigenvalue weighted by Crippen LogP contribution is 2.30. The van der Waals surface area contributed by atoms with Crippen molar-refractivity contribution in [3.8, 4) is 11.5 Å². The fourth-order valence-corrected chi connectivity index (χ4v) is 2.44. The summed E-state index contributed by atoms with van der Waals surface area (Å²) >= 11 is 0. The third kappa shape index (κ3) is 3.19. The van der Waals surface area contributed by atoms with Crippen LogP contribution in [0.3, 0.4) is 0 Å². The fraction of sp³-hybridized carbons (Fsp3) is 0.176. The van der Waals surface area contributed by atoms with Gasteiger partial charge in [0.15, 0.2) is 34.8 Å². The summed E-state index contributed by atoms with van der Waals surface area (Å²) in [6, 6.07) is 5.06. The number of rotatable bonds is 4. The smallest absolute Gasteiger partial charge is 0.251 e. The first-order valence-corrected chi connectivity index (χ1v) is 7.37. The van der Waals surface area contributed by atoms with Crippen molar-refractivity contribution in [2.24, 2.45) is 4.99 Å². The van der Waals surface area contributed by atoms with Crippen molar-refractivity contribution in [2.75, 3.05) is 25.8 Å². The van der Waals surface area contributed by atoms with Crippen LogP contribution >= 0.6 is 0 Å². The fourth-order valence-electron chi connectivity index (χ4n) is 2.44. The maximum Gasteiger partial charge on any atom is 0.251 e. The third-order valence-electron chi connectivity index (χ3n) is 3.67. The minimum Gasteiger partial charge on any atom is -0.493 e. The second-order valence-corrected chi connectivity index (χ2v) is 5.23. The van der Waals surface area contributed by atoms with Gasteiger partial charge in [0.25, 0.3) is 5.95 Å². The molecule has 3 rings (SSSR count). The summed E-state index contributed by atoms with van der Waals surface area (Å²) in [4.78, 5) is 8.16. The Labute approximate surface area is 146 Å². The summed E-state index contributed by atoms with van der Waals surface area (Å²) < 4.78 is 64.8. The van der Waals surface area contributed by atoms with Crippen LogP contribution in [0.5, 0.6) is 11.5 Å². The van der Waals surface area contributed by atoms with E-state index in [0.29, 0.717) is 23.1 Å². The molecular formula is C17H13F4N3O2. The quantitative estimate of drug-likeness (QED) is 0.612. The standard InChI is InChI=1S/C17H13F4N3O2/c1-25-13-4-3-9(5-14(13)26-2)15-12(20)7-24(8-22-15)17-11(19)6-10(18)16(21)23-17/h3-7H,8H2,1-2H3. The average Bonchev–Trinajstić information content (AvgIpc) is 2.64. The van der Waals surface area contributed by atoms with E-state index in [0.717, 1.165) is 11.1 Å². The maximum absolute atomic E-state index is 14.5. The van der Waals surface area contributed by atoms with Crippen LogP contribution in [0.2, 0.25) is 0 Å². The number of aromatic nitrogens is 1. The molecule has 1 aromatic heterocycles. The van der Waals surface area contributed by atoms with Gasteiger partial charge in [0.05, 0.1) is 14.2 Å². The summed E-state index contributed by atoms with van der Waals surface area (Å²) in [7, 11) is 2.91. The summed E-state index contributed by atoms with van der Waals surface area (Å²) in [5.74, 6) is -4.55. The molecule has 0 saturated carbocycles. The van der Waals surface area contributed by atoms with Gasteiger partial charge in [-0.1, -0.05) is 0 Å². The largest absolute Gasteiger partial charge is 0.493 e. The molecule has 0 amide bonds. The molecule has 1 aliphatic heterocycles. The molecular weight excluding hydrogens is 354 g/mol. The minimum absolute atomic E-state index is 0.00481. The summed E-state index contributed by atoms with van der Waals surface area (Å²) in [5, 5.41) is 0. The monoisotopic (exact) mass is 367 g/mol. The molecule has 0 aliphatic carbocycles. The molecule has 26 heavy (non-hydrogen) atoms. The zero-order chi connectivity index (χ0) is 18.8. The number of nitrogens with zero attached hydrogens (tertiary/aromatic N) is 3. The Morgan fingerprint density at radius 3 is 2.35 bits per heavy atom. The van der Waals surface area contributed by atoms with E-state index in [1.165, 1.54) is 20.3 Å². The first kappa shape index (κ1) is 17.7. The molecule has 0 bridgehead atoms. The van der Waals surface area contributed by atoms with E-state index in [1.807, 2.05) is 0 Å². The molecule has 2 heterocycles. The van der Waals surface area contributed by atoms with Crippen molar-refractivity contribution in [1.29, 1.82) is 0 Å². The molecule has 0 saturated heterocycles. The number of ether oxygens (including phenoxy) is 2. The van der Waals surface area contributed by atoms with Gasteiger partial charge in [0.1, 0.15) is 12.4 Å². The van der Waals surface area contributed by atoms with E-state index in [9.17, 15) is 17.6 Å². The third-order valence-corrected chi connectivity index (χ3v) is 3.67. The van der Waals surface area contributed by atoms with Crippen molar-refractivity contribution < 1.29 is 27.0 Å². The van der Waals surface area contributed by atoms with Crippen LogP contribution in [-0.4, -0.2) is 31.6 Å². The lowest BCUT2D eigenvalue weighted by atomic mass is 10.1. The highest BCUT2D eigenvalue weighted by Gasteiger charge is 2.23. The number of hydrogen-bond acceptors (Lipinski definition) is 5. The first-order valence-electron chi connectivity index (χ1n) is 7.37. The number of pyridine rings is 1. The van der Waals surface area contributed by atoms with Gasteiger partial charge in [-0.2, -0.15) is 9.37 Å². The Kier molecular flexibility index (Phi) is 4.79. The molecule has 5 nitrogen and oxygen atoms in total. The SMILES string of the molecule is COc1ccc(C2=NCN(c3nc(F)c(F)cc3F)C=C2F)cc1OC. The number of hydrogen-bond donors (Lipinski definition) is 0. The number of benzene rings is 1. The first-order chi connectivity index (χ1) is 12.4. The van der Waals surface area contributed by atoms with E-state index in [-0.39, 0.29) is 12.4 Å². The van der Waals surface area contributed by atoms with Gasteiger partial charge in [-0.05, 0) is 18.2 Å². The zero-order valence-electron chi connectivity index (χ0n) is 13.8. The second-order valence-electron chi connectivity index (χ2n) is 5.23. The topological polar surface area (TPSA) is 47.0 Å². The number of methoxy groups -OCH3 is 2. The van der Waals surface area contributed by atoms with E-state index < -0.39 is 29.2 Å². The van der Waals surface area contributed by atoms with Gasteiger partial charge >= 0.3 is 0 Å². The number of anilines is 1. The molecule has 0 N–H and O–H groups in total. The maximum atomic E-state index is 14.5. The summed E-state index contributed by atoms with van der Waals surface area (Å²) in [5.41, 5.74) is 0.417. The predicted octanol–water partition coefficient (Wildman–Crippen LogP) is 3.59. The molecule has 2 aromatic rings.